The topological polar surface area (TPSA) is 267 Å². The van der Waals surface area contributed by atoms with Crippen LogP contribution in [0.5, 0.6) is 0 Å². The molecule has 0 aliphatic carbocycles. The Labute approximate surface area is 321 Å². The standard InChI is InChI=1S/C36H35N5O14S/c1-35(33(47)54-18-21-8-12-24(13-9-21)40(49)50,38-34(48)55-19-22-10-14-25(15-11-22)41(51)52)17-16-27(42)37-36(53-2)31(46)39-28(30(44)45)26(20-56-32(36)39)29(43)23-6-4-3-5-7-23/h3-15,20,28-29,32,43H,16-19H2,1-2H3,(H,37,42)(H,38,48)(H,44,45)/t28?,29?,32-,35?,36?/m1/s1. The van der Waals surface area contributed by atoms with E-state index in [2.05, 4.69) is 10.6 Å². The lowest BCUT2D eigenvalue weighted by atomic mass is 9.90. The molecular formula is C36H35N5O14S. The highest BCUT2D eigenvalue weighted by molar-refractivity contribution is 8.03. The SMILES string of the molecule is COC1(NC(=O)CCC(C)(NC(=O)OCc2ccc([N+](=O)[O-])cc2)C(=O)OCc2ccc([N+](=O)[O-])cc2)C(=O)N2C(C(=O)O)C(C(O)c3ccccc3)=CS[C@@H]21. The predicted molar refractivity (Wildman–Crippen MR) is 194 cm³/mol. The number of methoxy groups -OCH3 is 1. The van der Waals surface area contributed by atoms with Gasteiger partial charge < -0.3 is 40.0 Å². The van der Waals surface area contributed by atoms with Crippen LogP contribution in [-0.4, -0.2) is 84.6 Å². The zero-order chi connectivity index (χ0) is 40.8. The monoisotopic (exact) mass is 793 g/mol. The number of aliphatic hydroxyl groups is 1. The first-order valence-corrected chi connectivity index (χ1v) is 17.6. The van der Waals surface area contributed by atoms with Crippen LogP contribution in [0.2, 0.25) is 0 Å². The van der Waals surface area contributed by atoms with Crippen molar-refractivity contribution in [2.24, 2.45) is 0 Å². The average Bonchev–Trinajstić information content (AvgIpc) is 3.19. The summed E-state index contributed by atoms with van der Waals surface area (Å²) in [4.78, 5) is 87.8. The fourth-order valence-electron chi connectivity index (χ4n) is 5.97. The van der Waals surface area contributed by atoms with Gasteiger partial charge >= 0.3 is 18.0 Å². The highest BCUT2D eigenvalue weighted by Gasteiger charge is 2.68. The highest BCUT2D eigenvalue weighted by Crippen LogP contribution is 2.48. The van der Waals surface area contributed by atoms with Crippen molar-refractivity contribution in [3.8, 4) is 0 Å². The van der Waals surface area contributed by atoms with Crippen molar-refractivity contribution in [3.05, 3.63) is 127 Å². The number of rotatable bonds is 16. The number of amides is 3. The number of esters is 1. The number of fused-ring (bicyclic) bond motifs is 1. The molecule has 4 N–H and O–H groups in total. The second-order valence-electron chi connectivity index (χ2n) is 12.8. The second kappa shape index (κ2) is 17.0. The van der Waals surface area contributed by atoms with Crippen LogP contribution < -0.4 is 10.6 Å². The number of thioether (sulfide) groups is 1. The maximum Gasteiger partial charge on any atom is 0.408 e. The van der Waals surface area contributed by atoms with Crippen LogP contribution in [0.3, 0.4) is 0 Å². The van der Waals surface area contributed by atoms with E-state index < -0.39 is 81.3 Å². The third kappa shape index (κ3) is 8.61. The van der Waals surface area contributed by atoms with Gasteiger partial charge in [0.25, 0.3) is 23.0 Å². The number of carbonyl (C=O) groups is 5. The number of carboxylic acid groups (broad SMARTS) is 1. The summed E-state index contributed by atoms with van der Waals surface area (Å²) in [6, 6.07) is 17.0. The highest BCUT2D eigenvalue weighted by atomic mass is 32.2. The number of nitrogens with zero attached hydrogens (tertiary/aromatic N) is 3. The first kappa shape index (κ1) is 40.8. The summed E-state index contributed by atoms with van der Waals surface area (Å²) in [6.07, 6.45) is -3.41. The van der Waals surface area contributed by atoms with E-state index in [9.17, 15) is 54.4 Å². The number of hydrogen-bond donors (Lipinski definition) is 4. The number of alkyl carbamates (subject to hydrolysis) is 1. The van der Waals surface area contributed by atoms with Crippen LogP contribution in [-0.2, 0) is 46.6 Å². The van der Waals surface area contributed by atoms with E-state index in [-0.39, 0.29) is 30.2 Å². The Bertz CT molecular complexity index is 2050. The first-order valence-electron chi connectivity index (χ1n) is 16.7. The van der Waals surface area contributed by atoms with Gasteiger partial charge in [0.15, 0.2) is 6.04 Å². The number of benzene rings is 3. The molecule has 0 spiro atoms. The average molecular weight is 794 g/mol. The van der Waals surface area contributed by atoms with E-state index in [1.54, 1.807) is 30.3 Å². The van der Waals surface area contributed by atoms with Gasteiger partial charge in [-0.15, -0.1) is 11.8 Å². The minimum absolute atomic E-state index is 0.0314. The van der Waals surface area contributed by atoms with Crippen molar-refractivity contribution in [1.29, 1.82) is 0 Å². The van der Waals surface area contributed by atoms with Crippen LogP contribution in [0.1, 0.15) is 42.6 Å². The maximum absolute atomic E-state index is 13.7. The van der Waals surface area contributed by atoms with E-state index in [0.29, 0.717) is 16.7 Å². The van der Waals surface area contributed by atoms with Crippen molar-refractivity contribution >= 4 is 53.0 Å². The van der Waals surface area contributed by atoms with E-state index in [4.69, 9.17) is 14.2 Å². The molecule has 0 bridgehead atoms. The van der Waals surface area contributed by atoms with Crippen LogP contribution in [0.25, 0.3) is 0 Å². The number of nitro benzene ring substituents is 2. The van der Waals surface area contributed by atoms with Crippen LogP contribution >= 0.6 is 11.8 Å². The van der Waals surface area contributed by atoms with Gasteiger partial charge in [-0.3, -0.25) is 29.8 Å². The van der Waals surface area contributed by atoms with Crippen molar-refractivity contribution in [2.75, 3.05) is 7.11 Å². The quantitative estimate of drug-likeness (QED) is 0.0532. The molecule has 2 aliphatic rings. The Kier molecular flexibility index (Phi) is 12.4. The summed E-state index contributed by atoms with van der Waals surface area (Å²) >= 11 is 0.954. The van der Waals surface area contributed by atoms with Gasteiger partial charge in [-0.25, -0.2) is 14.4 Å². The fourth-order valence-corrected chi connectivity index (χ4v) is 7.31. The summed E-state index contributed by atoms with van der Waals surface area (Å²) in [7, 11) is 1.14. The normalized spacial score (nSPS) is 20.2. The van der Waals surface area contributed by atoms with Crippen LogP contribution in [0.4, 0.5) is 16.2 Å². The molecule has 2 aliphatic heterocycles. The summed E-state index contributed by atoms with van der Waals surface area (Å²) < 4.78 is 16.1. The van der Waals surface area contributed by atoms with E-state index in [0.717, 1.165) is 23.8 Å². The Balaban J connectivity index is 1.29. The predicted octanol–water partition coefficient (Wildman–Crippen LogP) is 3.46. The molecule has 56 heavy (non-hydrogen) atoms. The minimum Gasteiger partial charge on any atom is -0.479 e. The number of hydrogen-bond acceptors (Lipinski definition) is 14. The molecule has 19 nitrogen and oxygen atoms in total. The number of nitrogens with one attached hydrogen (secondary N) is 2. The van der Waals surface area contributed by atoms with Gasteiger partial charge in [0.05, 0.1) is 9.85 Å². The summed E-state index contributed by atoms with van der Waals surface area (Å²) in [5.41, 5.74) is -3.15. The molecule has 4 unspecified atom stereocenters. The number of aliphatic hydroxyl groups excluding tert-OH is 1. The molecule has 5 rings (SSSR count). The molecule has 3 aromatic rings. The number of ether oxygens (including phenoxy) is 3. The molecular weight excluding hydrogens is 758 g/mol. The summed E-state index contributed by atoms with van der Waals surface area (Å²) in [5, 5.41) is 48.3. The molecule has 5 atom stereocenters. The minimum atomic E-state index is -2.03. The molecule has 3 amide bonds. The molecule has 2 heterocycles. The van der Waals surface area contributed by atoms with Gasteiger partial charge in [-0.05, 0) is 59.7 Å². The van der Waals surface area contributed by atoms with E-state index >= 15 is 0 Å². The van der Waals surface area contributed by atoms with Crippen molar-refractivity contribution in [2.45, 2.75) is 61.8 Å². The molecule has 20 heteroatoms. The lowest BCUT2D eigenvalue weighted by Gasteiger charge is -2.57. The largest absolute Gasteiger partial charge is 0.479 e. The lowest BCUT2D eigenvalue weighted by molar-refractivity contribution is -0.385. The maximum atomic E-state index is 13.7. The Morgan fingerprint density at radius 3 is 2.00 bits per heavy atom. The number of aliphatic carboxylic acids is 1. The Hall–Kier alpha value is -6.38. The van der Waals surface area contributed by atoms with Gasteiger partial charge in [0, 0.05) is 43.4 Å². The third-order valence-electron chi connectivity index (χ3n) is 9.11. The van der Waals surface area contributed by atoms with Crippen molar-refractivity contribution < 1.29 is 58.2 Å². The summed E-state index contributed by atoms with van der Waals surface area (Å²) in [6.45, 7) is 0.544. The number of non-ortho nitro benzene ring substituents is 2. The number of carboxylic acids is 1. The molecule has 1 fully saturated rings. The zero-order valence-electron chi connectivity index (χ0n) is 29.7. The van der Waals surface area contributed by atoms with Crippen LogP contribution in [0.15, 0.2) is 89.8 Å². The molecule has 0 radical (unpaired) electrons. The van der Waals surface area contributed by atoms with Gasteiger partial charge in [-0.1, -0.05) is 30.3 Å². The molecule has 3 aromatic carbocycles. The van der Waals surface area contributed by atoms with E-state index in [1.807, 2.05) is 0 Å². The Morgan fingerprint density at radius 1 is 0.929 bits per heavy atom. The van der Waals surface area contributed by atoms with Gasteiger partial charge in [-0.2, -0.15) is 0 Å². The number of nitro groups is 2. The number of β-lactam (4-membered cyclic amide) rings is 1. The van der Waals surface area contributed by atoms with Gasteiger partial charge in [0.1, 0.15) is 30.2 Å². The first-order chi connectivity index (χ1) is 26.6. The van der Waals surface area contributed by atoms with Crippen molar-refractivity contribution in [1.82, 2.24) is 15.5 Å². The molecule has 294 valence electrons. The fraction of sp³-hybridized carbons (Fsp3) is 0.306. The van der Waals surface area contributed by atoms with Crippen LogP contribution in [0, 0.1) is 20.2 Å². The number of carbonyl (C=O) groups excluding carboxylic acids is 4. The molecule has 1 saturated heterocycles. The lowest BCUT2D eigenvalue weighted by Crippen LogP contribution is -2.83. The zero-order valence-corrected chi connectivity index (χ0v) is 30.5. The Morgan fingerprint density at radius 2 is 1.48 bits per heavy atom. The van der Waals surface area contributed by atoms with E-state index in [1.165, 1.54) is 60.9 Å². The third-order valence-corrected chi connectivity index (χ3v) is 10.3. The smallest absolute Gasteiger partial charge is 0.408 e. The van der Waals surface area contributed by atoms with Crippen molar-refractivity contribution in [3.63, 3.8) is 0 Å². The van der Waals surface area contributed by atoms with Gasteiger partial charge in [0.2, 0.25) is 5.91 Å². The molecule has 0 aromatic heterocycles. The second-order valence-corrected chi connectivity index (χ2v) is 13.8. The molecule has 0 saturated carbocycles. The summed E-state index contributed by atoms with van der Waals surface area (Å²) in [5.74, 6) is -4.18.